The molecule has 2 amide bonds. The molecule has 0 aromatic heterocycles. The molecule has 0 heterocycles. The first-order chi connectivity index (χ1) is 12.7. The van der Waals surface area contributed by atoms with Gasteiger partial charge in [-0.3, -0.25) is 19.7 Å². The van der Waals surface area contributed by atoms with E-state index in [4.69, 9.17) is 5.73 Å². The van der Waals surface area contributed by atoms with Crippen LogP contribution in [0, 0.1) is 21.7 Å². The third-order valence-electron chi connectivity index (χ3n) is 3.62. The molecular weight excluding hydrogens is 380 g/mol. The molecule has 0 aliphatic rings. The number of carbonyl (C=O) groups is 2. The van der Waals surface area contributed by atoms with Crippen molar-refractivity contribution in [3.05, 3.63) is 69.3 Å². The third kappa shape index (κ3) is 5.23. The molecule has 1 atom stereocenters. The van der Waals surface area contributed by atoms with Crippen LogP contribution in [-0.2, 0) is 4.79 Å². The van der Waals surface area contributed by atoms with Gasteiger partial charge in [0.15, 0.2) is 11.6 Å². The van der Waals surface area contributed by atoms with Crippen LogP contribution in [0.15, 0.2) is 41.3 Å². The Morgan fingerprint density at radius 2 is 1.93 bits per heavy atom. The number of hydrogen-bond acceptors (Lipinski definition) is 5. The summed E-state index contributed by atoms with van der Waals surface area (Å²) in [6.07, 6.45) is 0. The maximum atomic E-state index is 13.3. The van der Waals surface area contributed by atoms with E-state index >= 15 is 0 Å². The van der Waals surface area contributed by atoms with Crippen molar-refractivity contribution >= 4 is 29.3 Å². The number of nitrogens with one attached hydrogen (secondary N) is 1. The average Bonchev–Trinajstić information content (AvgIpc) is 2.61. The maximum Gasteiger partial charge on any atom is 0.283 e. The van der Waals surface area contributed by atoms with E-state index in [0.717, 1.165) is 30.0 Å². The first kappa shape index (κ1) is 20.3. The first-order valence-electron chi connectivity index (χ1n) is 7.64. The number of benzene rings is 2. The van der Waals surface area contributed by atoms with Crippen LogP contribution in [0.5, 0.6) is 0 Å². The van der Waals surface area contributed by atoms with Gasteiger partial charge in [0.05, 0.1) is 21.6 Å². The number of nitro benzene ring substituents is 1. The van der Waals surface area contributed by atoms with Crippen molar-refractivity contribution < 1.29 is 23.3 Å². The molecule has 0 saturated heterocycles. The molecule has 0 fully saturated rings. The summed E-state index contributed by atoms with van der Waals surface area (Å²) in [6, 6.07) is 6.44. The second kappa shape index (κ2) is 8.58. The molecular formula is C17H15F2N3O4S. The lowest BCUT2D eigenvalue weighted by molar-refractivity contribution is -0.387. The van der Waals surface area contributed by atoms with Gasteiger partial charge in [0.2, 0.25) is 11.8 Å². The first-order valence-corrected chi connectivity index (χ1v) is 8.63. The molecule has 2 aromatic rings. The van der Waals surface area contributed by atoms with Crippen LogP contribution < -0.4 is 11.1 Å². The van der Waals surface area contributed by atoms with Gasteiger partial charge in [-0.25, -0.2) is 8.78 Å². The van der Waals surface area contributed by atoms with Crippen LogP contribution in [0.3, 0.4) is 0 Å². The van der Waals surface area contributed by atoms with E-state index in [1.54, 1.807) is 6.92 Å². The molecule has 1 unspecified atom stereocenters. The Bertz CT molecular complexity index is 908. The van der Waals surface area contributed by atoms with Crippen LogP contribution in [0.25, 0.3) is 0 Å². The summed E-state index contributed by atoms with van der Waals surface area (Å²) in [5.41, 5.74) is 5.13. The van der Waals surface area contributed by atoms with Gasteiger partial charge in [-0.15, -0.1) is 11.8 Å². The van der Waals surface area contributed by atoms with Crippen LogP contribution in [0.4, 0.5) is 14.5 Å². The quantitative estimate of drug-likeness (QED) is 0.425. The number of amides is 2. The number of halogens is 2. The van der Waals surface area contributed by atoms with Gasteiger partial charge in [0, 0.05) is 11.6 Å². The Balaban J connectivity index is 2.03. The SMILES string of the molecule is CC(NC(=O)CSc1ccc(C(N)=O)cc1[N+](=O)[O-])c1ccc(F)c(F)c1. The van der Waals surface area contributed by atoms with Crippen molar-refractivity contribution in [3.8, 4) is 0 Å². The Morgan fingerprint density at radius 3 is 2.52 bits per heavy atom. The van der Waals surface area contributed by atoms with Crippen molar-refractivity contribution in [2.24, 2.45) is 5.73 Å². The highest BCUT2D eigenvalue weighted by Gasteiger charge is 2.19. The second-order valence-corrected chi connectivity index (χ2v) is 6.57. The summed E-state index contributed by atoms with van der Waals surface area (Å²) in [4.78, 5) is 33.9. The van der Waals surface area contributed by atoms with Crippen molar-refractivity contribution in [2.75, 3.05) is 5.75 Å². The van der Waals surface area contributed by atoms with Gasteiger partial charge in [-0.2, -0.15) is 0 Å². The maximum absolute atomic E-state index is 13.3. The minimum Gasteiger partial charge on any atom is -0.366 e. The van der Waals surface area contributed by atoms with Crippen molar-refractivity contribution in [3.63, 3.8) is 0 Å². The molecule has 0 saturated carbocycles. The molecule has 3 N–H and O–H groups in total. The van der Waals surface area contributed by atoms with Crippen LogP contribution >= 0.6 is 11.8 Å². The van der Waals surface area contributed by atoms with Crippen molar-refractivity contribution in [2.45, 2.75) is 17.9 Å². The van der Waals surface area contributed by atoms with E-state index in [0.29, 0.717) is 5.56 Å². The lowest BCUT2D eigenvalue weighted by Gasteiger charge is -2.14. The summed E-state index contributed by atoms with van der Waals surface area (Å²) in [7, 11) is 0. The Morgan fingerprint density at radius 1 is 1.22 bits per heavy atom. The zero-order chi connectivity index (χ0) is 20.1. The van der Waals surface area contributed by atoms with Crippen LogP contribution in [0.2, 0.25) is 0 Å². The van der Waals surface area contributed by atoms with Gasteiger partial charge >= 0.3 is 0 Å². The van der Waals surface area contributed by atoms with Crippen LogP contribution in [0.1, 0.15) is 28.9 Å². The zero-order valence-electron chi connectivity index (χ0n) is 14.1. The van der Waals surface area contributed by atoms with E-state index in [-0.39, 0.29) is 21.9 Å². The molecule has 0 spiro atoms. The molecule has 2 aromatic carbocycles. The fraction of sp³-hybridized carbons (Fsp3) is 0.176. The number of nitrogens with zero attached hydrogens (tertiary/aromatic N) is 1. The van der Waals surface area contributed by atoms with E-state index in [2.05, 4.69) is 5.32 Å². The van der Waals surface area contributed by atoms with E-state index < -0.39 is 34.4 Å². The molecule has 142 valence electrons. The minimum absolute atomic E-state index is 0.0116. The lowest BCUT2D eigenvalue weighted by atomic mass is 10.1. The molecule has 0 aliphatic heterocycles. The number of rotatable bonds is 7. The second-order valence-electron chi connectivity index (χ2n) is 5.56. The summed E-state index contributed by atoms with van der Waals surface area (Å²) >= 11 is 0.907. The fourth-order valence-corrected chi connectivity index (χ4v) is 3.04. The standard InChI is InChI=1S/C17H15F2N3O4S/c1-9(10-2-4-12(18)13(19)6-10)21-16(23)8-27-15-5-3-11(17(20)24)7-14(15)22(25)26/h2-7,9H,8H2,1H3,(H2,20,24)(H,21,23). The molecule has 0 aliphatic carbocycles. The predicted octanol–water partition coefficient (Wildman–Crippen LogP) is 2.94. The Labute approximate surface area is 157 Å². The third-order valence-corrected chi connectivity index (χ3v) is 4.68. The minimum atomic E-state index is -1.02. The topological polar surface area (TPSA) is 115 Å². The highest BCUT2D eigenvalue weighted by molar-refractivity contribution is 8.00. The van der Waals surface area contributed by atoms with Crippen molar-refractivity contribution in [1.29, 1.82) is 0 Å². The number of nitrogens with two attached hydrogens (primary N) is 1. The van der Waals surface area contributed by atoms with Gasteiger partial charge in [0.1, 0.15) is 0 Å². The number of primary amides is 1. The summed E-state index contributed by atoms with van der Waals surface area (Å²) in [5, 5.41) is 13.7. The molecule has 0 radical (unpaired) electrons. The van der Waals surface area contributed by atoms with E-state index in [9.17, 15) is 28.5 Å². The summed E-state index contributed by atoms with van der Waals surface area (Å²) in [5.74, 6) is -3.41. The predicted molar refractivity (Wildman–Crippen MR) is 95.3 cm³/mol. The number of hydrogen-bond donors (Lipinski definition) is 2. The molecule has 2 rings (SSSR count). The highest BCUT2D eigenvalue weighted by atomic mass is 32.2. The molecule has 10 heteroatoms. The van der Waals surface area contributed by atoms with E-state index in [1.807, 2.05) is 0 Å². The molecule has 7 nitrogen and oxygen atoms in total. The normalized spacial score (nSPS) is 11.7. The Hall–Kier alpha value is -3.01. The smallest absolute Gasteiger partial charge is 0.283 e. The lowest BCUT2D eigenvalue weighted by Crippen LogP contribution is -2.28. The highest BCUT2D eigenvalue weighted by Crippen LogP contribution is 2.30. The van der Waals surface area contributed by atoms with Gasteiger partial charge < -0.3 is 11.1 Å². The number of thioether (sulfide) groups is 1. The zero-order valence-corrected chi connectivity index (χ0v) is 14.9. The number of carbonyl (C=O) groups excluding carboxylic acids is 2. The van der Waals surface area contributed by atoms with Crippen LogP contribution in [-0.4, -0.2) is 22.5 Å². The van der Waals surface area contributed by atoms with Gasteiger partial charge in [-0.05, 0) is 36.8 Å². The Kier molecular flexibility index (Phi) is 6.45. The molecule has 27 heavy (non-hydrogen) atoms. The van der Waals surface area contributed by atoms with Crippen molar-refractivity contribution in [1.82, 2.24) is 5.32 Å². The fourth-order valence-electron chi connectivity index (χ4n) is 2.23. The summed E-state index contributed by atoms with van der Waals surface area (Å²) < 4.78 is 26.2. The molecule has 0 bridgehead atoms. The van der Waals surface area contributed by atoms with Gasteiger partial charge in [0.25, 0.3) is 5.69 Å². The summed E-state index contributed by atoms with van der Waals surface area (Å²) in [6.45, 7) is 1.60. The monoisotopic (exact) mass is 395 g/mol. The number of nitro groups is 1. The average molecular weight is 395 g/mol. The van der Waals surface area contributed by atoms with E-state index in [1.165, 1.54) is 18.2 Å². The largest absolute Gasteiger partial charge is 0.366 e. The van der Waals surface area contributed by atoms with Gasteiger partial charge in [-0.1, -0.05) is 6.07 Å².